The van der Waals surface area contributed by atoms with Crippen LogP contribution in [0.3, 0.4) is 0 Å². The fourth-order valence-corrected chi connectivity index (χ4v) is 2.70. The van der Waals surface area contributed by atoms with Gasteiger partial charge in [0.2, 0.25) is 5.91 Å². The first-order valence-corrected chi connectivity index (χ1v) is 7.96. The monoisotopic (exact) mass is 300 g/mol. The first-order chi connectivity index (χ1) is 10.1. The van der Waals surface area contributed by atoms with Crippen molar-refractivity contribution < 1.29 is 4.79 Å². The molecule has 4 heteroatoms. The van der Waals surface area contributed by atoms with E-state index >= 15 is 0 Å². The Labute approximate surface area is 130 Å². The van der Waals surface area contributed by atoms with E-state index in [2.05, 4.69) is 36.2 Å². The van der Waals surface area contributed by atoms with Crippen molar-refractivity contribution in [3.8, 4) is 0 Å². The molecule has 0 spiro atoms. The van der Waals surface area contributed by atoms with Crippen LogP contribution in [-0.4, -0.2) is 35.1 Å². The van der Waals surface area contributed by atoms with Gasteiger partial charge in [-0.15, -0.1) is 11.8 Å². The Kier molecular flexibility index (Phi) is 5.81. The lowest BCUT2D eigenvalue weighted by Crippen LogP contribution is -2.30. The molecule has 0 aliphatic carbocycles. The molecule has 2 aromatic rings. The predicted octanol–water partition coefficient (Wildman–Crippen LogP) is 3.18. The molecular weight excluding hydrogens is 280 g/mol. The highest BCUT2D eigenvalue weighted by atomic mass is 32.2. The minimum absolute atomic E-state index is 0.162. The van der Waals surface area contributed by atoms with E-state index in [1.165, 1.54) is 11.1 Å². The molecule has 0 saturated heterocycles. The van der Waals surface area contributed by atoms with Crippen LogP contribution in [0.1, 0.15) is 11.1 Å². The van der Waals surface area contributed by atoms with Crippen LogP contribution in [0.25, 0.3) is 0 Å². The highest BCUT2D eigenvalue weighted by Crippen LogP contribution is 2.18. The summed E-state index contributed by atoms with van der Waals surface area (Å²) in [6, 6.07) is 12.2. The second-order valence-electron chi connectivity index (χ2n) is 5.02. The van der Waals surface area contributed by atoms with Gasteiger partial charge in [-0.3, -0.25) is 9.78 Å². The third-order valence-electron chi connectivity index (χ3n) is 3.29. The molecule has 1 aromatic heterocycles. The number of rotatable bonds is 6. The van der Waals surface area contributed by atoms with Crippen LogP contribution in [0, 0.1) is 6.92 Å². The summed E-state index contributed by atoms with van der Waals surface area (Å²) in [5.74, 6) is 0.644. The number of aryl methyl sites for hydroxylation is 1. The predicted molar refractivity (Wildman–Crippen MR) is 87.5 cm³/mol. The van der Waals surface area contributed by atoms with Gasteiger partial charge in [0.15, 0.2) is 0 Å². The number of pyridine rings is 1. The number of thioether (sulfide) groups is 1. The van der Waals surface area contributed by atoms with Crippen molar-refractivity contribution in [1.82, 2.24) is 9.88 Å². The maximum Gasteiger partial charge on any atom is 0.232 e. The van der Waals surface area contributed by atoms with Crippen LogP contribution in [0.5, 0.6) is 0 Å². The normalized spacial score (nSPS) is 10.4. The molecule has 0 radical (unpaired) electrons. The van der Waals surface area contributed by atoms with E-state index < -0.39 is 0 Å². The Balaban J connectivity index is 1.76. The largest absolute Gasteiger partial charge is 0.345 e. The summed E-state index contributed by atoms with van der Waals surface area (Å²) in [4.78, 5) is 19.0. The number of amides is 1. The Morgan fingerprint density at radius 2 is 1.81 bits per heavy atom. The third kappa shape index (κ3) is 5.23. The molecule has 0 atom stereocenters. The quantitative estimate of drug-likeness (QED) is 0.768. The van der Waals surface area contributed by atoms with Crippen molar-refractivity contribution >= 4 is 17.7 Å². The van der Waals surface area contributed by atoms with Crippen molar-refractivity contribution in [1.29, 1.82) is 0 Å². The Morgan fingerprint density at radius 1 is 1.14 bits per heavy atom. The highest BCUT2D eigenvalue weighted by molar-refractivity contribution is 8.00. The molecule has 1 heterocycles. The Morgan fingerprint density at radius 3 is 2.48 bits per heavy atom. The minimum atomic E-state index is 0.162. The molecule has 0 saturated carbocycles. The number of carbonyl (C=O) groups excluding carboxylic acids is 1. The maximum atomic E-state index is 12.1. The molecule has 0 bridgehead atoms. The molecule has 110 valence electrons. The van der Waals surface area contributed by atoms with E-state index in [0.29, 0.717) is 5.75 Å². The van der Waals surface area contributed by atoms with E-state index in [0.717, 1.165) is 17.9 Å². The smallest absolute Gasteiger partial charge is 0.232 e. The summed E-state index contributed by atoms with van der Waals surface area (Å²) in [7, 11) is 1.86. The fraction of sp³-hybridized carbons (Fsp3) is 0.294. The first kappa shape index (κ1) is 15.6. The third-order valence-corrected chi connectivity index (χ3v) is 4.29. The van der Waals surface area contributed by atoms with Gasteiger partial charge in [0.1, 0.15) is 0 Å². The first-order valence-electron chi connectivity index (χ1n) is 6.97. The van der Waals surface area contributed by atoms with Gasteiger partial charge in [-0.1, -0.05) is 17.7 Å². The van der Waals surface area contributed by atoms with E-state index in [1.54, 1.807) is 29.1 Å². The van der Waals surface area contributed by atoms with Crippen LogP contribution >= 0.6 is 11.8 Å². The van der Waals surface area contributed by atoms with Gasteiger partial charge >= 0.3 is 0 Å². The maximum absolute atomic E-state index is 12.1. The second-order valence-corrected chi connectivity index (χ2v) is 6.07. The molecule has 21 heavy (non-hydrogen) atoms. The molecule has 1 amide bonds. The fourth-order valence-electron chi connectivity index (χ4n) is 1.86. The lowest BCUT2D eigenvalue weighted by Gasteiger charge is -2.17. The van der Waals surface area contributed by atoms with E-state index in [9.17, 15) is 4.79 Å². The zero-order valence-corrected chi connectivity index (χ0v) is 13.3. The number of benzene rings is 1. The zero-order chi connectivity index (χ0) is 15.1. The number of likely N-dealkylation sites (N-methyl/N-ethyl adjacent to an activating group) is 1. The lowest BCUT2D eigenvalue weighted by atomic mass is 10.2. The molecule has 2 rings (SSSR count). The van der Waals surface area contributed by atoms with Gasteiger partial charge in [0, 0.05) is 30.9 Å². The molecule has 1 aromatic carbocycles. The van der Waals surface area contributed by atoms with Crippen molar-refractivity contribution in [3.05, 3.63) is 59.9 Å². The lowest BCUT2D eigenvalue weighted by molar-refractivity contribution is -0.127. The molecule has 0 aliphatic rings. The van der Waals surface area contributed by atoms with Crippen molar-refractivity contribution in [3.63, 3.8) is 0 Å². The summed E-state index contributed by atoms with van der Waals surface area (Å²) in [6.07, 6.45) is 4.43. The molecular formula is C17H20N2OS. The second kappa shape index (κ2) is 7.84. The van der Waals surface area contributed by atoms with Crippen molar-refractivity contribution in [2.45, 2.75) is 18.2 Å². The van der Waals surface area contributed by atoms with Crippen molar-refractivity contribution in [2.75, 3.05) is 19.3 Å². The minimum Gasteiger partial charge on any atom is -0.345 e. The van der Waals surface area contributed by atoms with Crippen LogP contribution in [-0.2, 0) is 11.2 Å². The number of nitrogens with zero attached hydrogens (tertiary/aromatic N) is 2. The highest BCUT2D eigenvalue weighted by Gasteiger charge is 2.09. The van der Waals surface area contributed by atoms with E-state index in [1.807, 2.05) is 19.2 Å². The molecule has 0 unspecified atom stereocenters. The summed E-state index contributed by atoms with van der Waals surface area (Å²) in [5, 5.41) is 0. The summed E-state index contributed by atoms with van der Waals surface area (Å²) in [5.41, 5.74) is 2.44. The van der Waals surface area contributed by atoms with E-state index in [-0.39, 0.29) is 5.91 Å². The SMILES string of the molecule is Cc1ccc(SCC(=O)N(C)CCc2ccncc2)cc1. The van der Waals surface area contributed by atoms with Gasteiger partial charge in [-0.05, 0) is 43.2 Å². The number of carbonyl (C=O) groups is 1. The van der Waals surface area contributed by atoms with Crippen LogP contribution < -0.4 is 0 Å². The number of aromatic nitrogens is 1. The number of hydrogen-bond acceptors (Lipinski definition) is 3. The van der Waals surface area contributed by atoms with E-state index in [4.69, 9.17) is 0 Å². The van der Waals surface area contributed by atoms with Crippen LogP contribution in [0.2, 0.25) is 0 Å². The Bertz CT molecular complexity index is 569. The van der Waals surface area contributed by atoms with Gasteiger partial charge in [0.25, 0.3) is 0 Å². The molecule has 0 aliphatic heterocycles. The summed E-state index contributed by atoms with van der Waals surface area (Å²) in [6.45, 7) is 2.80. The van der Waals surface area contributed by atoms with Crippen LogP contribution in [0.15, 0.2) is 53.7 Å². The number of hydrogen-bond donors (Lipinski definition) is 0. The van der Waals surface area contributed by atoms with Gasteiger partial charge in [-0.25, -0.2) is 0 Å². The average Bonchev–Trinajstić information content (AvgIpc) is 2.52. The standard InChI is InChI=1S/C17H20N2OS/c1-14-3-5-16(6-4-14)21-13-17(20)19(2)12-9-15-7-10-18-11-8-15/h3-8,10-11H,9,12-13H2,1-2H3. The zero-order valence-electron chi connectivity index (χ0n) is 12.5. The topological polar surface area (TPSA) is 33.2 Å². The molecule has 0 N–H and O–H groups in total. The molecule has 0 fully saturated rings. The van der Waals surface area contributed by atoms with Gasteiger partial charge in [0.05, 0.1) is 5.75 Å². The van der Waals surface area contributed by atoms with Crippen LogP contribution in [0.4, 0.5) is 0 Å². The molecule has 3 nitrogen and oxygen atoms in total. The van der Waals surface area contributed by atoms with Gasteiger partial charge < -0.3 is 4.90 Å². The summed E-state index contributed by atoms with van der Waals surface area (Å²) >= 11 is 1.59. The van der Waals surface area contributed by atoms with Gasteiger partial charge in [-0.2, -0.15) is 0 Å². The average molecular weight is 300 g/mol. The summed E-state index contributed by atoms with van der Waals surface area (Å²) < 4.78 is 0. The van der Waals surface area contributed by atoms with Crippen molar-refractivity contribution in [2.24, 2.45) is 0 Å². The Hall–Kier alpha value is -1.81.